The monoisotopic (exact) mass is 370 g/mol. The number of halogens is 1. The Kier molecular flexibility index (Phi) is 7.40. The van der Waals surface area contributed by atoms with Crippen LogP contribution < -0.4 is 4.73 Å². The lowest BCUT2D eigenvalue weighted by atomic mass is 10.1. The van der Waals surface area contributed by atoms with Crippen LogP contribution in [0.3, 0.4) is 0 Å². The first-order chi connectivity index (χ1) is 11.9. The van der Waals surface area contributed by atoms with Gasteiger partial charge in [0.15, 0.2) is 5.17 Å². The maximum absolute atomic E-state index is 12.2. The fourth-order valence-electron chi connectivity index (χ4n) is 2.95. The van der Waals surface area contributed by atoms with E-state index in [1.54, 1.807) is 20.8 Å². The van der Waals surface area contributed by atoms with Gasteiger partial charge in [0.25, 0.3) is 0 Å². The molecule has 0 radical (unpaired) electrons. The van der Waals surface area contributed by atoms with E-state index in [9.17, 15) is 10.3 Å². The molecular formula is C17H27ClN4O3. The molecule has 2 rings (SSSR count). The van der Waals surface area contributed by atoms with E-state index in [4.69, 9.17) is 16.4 Å². The van der Waals surface area contributed by atoms with Crippen molar-refractivity contribution in [3.63, 3.8) is 0 Å². The minimum atomic E-state index is -0.610. The molecule has 1 aromatic rings. The van der Waals surface area contributed by atoms with Crippen LogP contribution in [0.25, 0.3) is 0 Å². The van der Waals surface area contributed by atoms with Crippen LogP contribution in [0.15, 0.2) is 5.16 Å². The number of piperidine rings is 1. The predicted octanol–water partition coefficient (Wildman–Crippen LogP) is 1.60. The zero-order valence-corrected chi connectivity index (χ0v) is 15.9. The zero-order chi connectivity index (χ0) is 18.4. The quantitative estimate of drug-likeness (QED) is 0.341. The molecule has 1 aliphatic heterocycles. The van der Waals surface area contributed by atoms with Crippen molar-refractivity contribution in [2.24, 2.45) is 5.16 Å². The van der Waals surface area contributed by atoms with Crippen molar-refractivity contribution in [1.29, 1.82) is 0 Å². The molecule has 1 fully saturated rings. The highest BCUT2D eigenvalue weighted by molar-refractivity contribution is 6.65. The number of aromatic nitrogens is 2. The molecule has 2 heterocycles. The number of β-amino-alcohol motifs (C(OH)–C–C–N with tert-alkyl or cyclic N) is 1. The van der Waals surface area contributed by atoms with Gasteiger partial charge >= 0.3 is 0 Å². The lowest BCUT2D eigenvalue weighted by Gasteiger charge is -2.27. The van der Waals surface area contributed by atoms with Gasteiger partial charge in [0, 0.05) is 13.5 Å². The topological polar surface area (TPSA) is 84.9 Å². The summed E-state index contributed by atoms with van der Waals surface area (Å²) in [6, 6.07) is 0. The first-order valence-electron chi connectivity index (χ1n) is 8.69. The number of aliphatic hydroxyl groups excluding tert-OH is 1. The van der Waals surface area contributed by atoms with Crippen molar-refractivity contribution in [2.45, 2.75) is 52.6 Å². The molecule has 1 saturated heterocycles. The summed E-state index contributed by atoms with van der Waals surface area (Å²) in [5.41, 5.74) is 2.32. The Labute approximate surface area is 153 Å². The van der Waals surface area contributed by atoms with Crippen LogP contribution in [0.5, 0.6) is 0 Å². The van der Waals surface area contributed by atoms with Gasteiger partial charge in [0.05, 0.1) is 6.42 Å². The van der Waals surface area contributed by atoms with E-state index in [-0.39, 0.29) is 18.2 Å². The number of hydrogen-bond acceptors (Lipinski definition) is 6. The van der Waals surface area contributed by atoms with E-state index < -0.39 is 6.10 Å². The molecule has 7 nitrogen and oxygen atoms in total. The fourth-order valence-corrected chi connectivity index (χ4v) is 3.12. The summed E-state index contributed by atoms with van der Waals surface area (Å²) >= 11 is 6.08. The second-order valence-electron chi connectivity index (χ2n) is 6.56. The van der Waals surface area contributed by atoms with Gasteiger partial charge in [-0.15, -0.1) is 0 Å². The highest BCUT2D eigenvalue weighted by Crippen LogP contribution is 2.10. The molecular weight excluding hydrogens is 344 g/mol. The molecule has 1 atom stereocenters. The van der Waals surface area contributed by atoms with Gasteiger partial charge in [-0.2, -0.15) is 4.73 Å². The standard InChI is InChI=1S/C17H27ClN4O3/c1-12-14(3)22(24)16(13(2)19-12)9-17(18)20-25-11-15(23)10-21-7-5-4-6-8-21/h15,23H,4-11H2,1-3H3/b20-17-. The molecule has 0 aliphatic carbocycles. The molecule has 8 heteroatoms. The molecule has 0 spiro atoms. The predicted molar refractivity (Wildman–Crippen MR) is 96.6 cm³/mol. The van der Waals surface area contributed by atoms with Crippen molar-refractivity contribution in [3.05, 3.63) is 28.0 Å². The van der Waals surface area contributed by atoms with E-state index >= 15 is 0 Å². The maximum atomic E-state index is 12.2. The van der Waals surface area contributed by atoms with Gasteiger partial charge in [-0.25, -0.2) is 4.98 Å². The third-order valence-corrected chi connectivity index (χ3v) is 4.69. The third kappa shape index (κ3) is 5.80. The first kappa shape index (κ1) is 19.9. The highest BCUT2D eigenvalue weighted by Gasteiger charge is 2.19. The number of hydrogen-bond donors (Lipinski definition) is 1. The largest absolute Gasteiger partial charge is 0.618 e. The molecule has 0 amide bonds. The van der Waals surface area contributed by atoms with E-state index in [0.29, 0.717) is 29.3 Å². The normalized spacial score (nSPS) is 17.6. The molecule has 0 aromatic carbocycles. The van der Waals surface area contributed by atoms with E-state index in [1.165, 1.54) is 19.3 Å². The molecule has 140 valence electrons. The Morgan fingerprint density at radius 2 is 2.00 bits per heavy atom. The second kappa shape index (κ2) is 9.31. The van der Waals surface area contributed by atoms with Crippen LogP contribution in [-0.2, 0) is 11.3 Å². The van der Waals surface area contributed by atoms with Crippen LogP contribution in [0.2, 0.25) is 0 Å². The maximum Gasteiger partial charge on any atom is 0.221 e. The summed E-state index contributed by atoms with van der Waals surface area (Å²) in [6.07, 6.45) is 3.15. The SMILES string of the molecule is Cc1nc(C)c(C/C(Cl)=N/OCC(O)CN2CCCCC2)[n+]([O-])c1C. The van der Waals surface area contributed by atoms with Gasteiger partial charge < -0.3 is 20.1 Å². The Balaban J connectivity index is 1.84. The second-order valence-corrected chi connectivity index (χ2v) is 7.00. The zero-order valence-electron chi connectivity index (χ0n) is 15.2. The number of rotatable bonds is 7. The van der Waals surface area contributed by atoms with Crippen LogP contribution in [0.4, 0.5) is 0 Å². The fraction of sp³-hybridized carbons (Fsp3) is 0.706. The van der Waals surface area contributed by atoms with E-state index in [1.807, 2.05) is 0 Å². The molecule has 1 aromatic heterocycles. The van der Waals surface area contributed by atoms with Crippen molar-refractivity contribution >= 4 is 16.8 Å². The van der Waals surface area contributed by atoms with Crippen molar-refractivity contribution < 1.29 is 14.7 Å². The Morgan fingerprint density at radius 3 is 2.68 bits per heavy atom. The Bertz CT molecular complexity index is 618. The summed E-state index contributed by atoms with van der Waals surface area (Å²) in [6.45, 7) is 7.97. The molecule has 1 aliphatic rings. The summed E-state index contributed by atoms with van der Waals surface area (Å²) in [5, 5.41) is 26.2. The average molecular weight is 371 g/mol. The number of aryl methyl sites for hydroxylation is 2. The van der Waals surface area contributed by atoms with Crippen LogP contribution in [-0.4, -0.2) is 52.5 Å². The van der Waals surface area contributed by atoms with Gasteiger partial charge in [0.1, 0.15) is 24.1 Å². The van der Waals surface area contributed by atoms with Crippen LogP contribution in [0, 0.1) is 26.0 Å². The third-order valence-electron chi connectivity index (χ3n) is 4.49. The minimum absolute atomic E-state index is 0.0776. The lowest BCUT2D eigenvalue weighted by molar-refractivity contribution is -0.621. The summed E-state index contributed by atoms with van der Waals surface area (Å²) in [4.78, 5) is 11.7. The van der Waals surface area contributed by atoms with Crippen molar-refractivity contribution in [1.82, 2.24) is 9.88 Å². The minimum Gasteiger partial charge on any atom is -0.618 e. The Hall–Kier alpha value is -1.44. The molecule has 25 heavy (non-hydrogen) atoms. The Morgan fingerprint density at radius 1 is 1.32 bits per heavy atom. The smallest absolute Gasteiger partial charge is 0.221 e. The van der Waals surface area contributed by atoms with Gasteiger partial charge in [-0.3, -0.25) is 0 Å². The lowest BCUT2D eigenvalue weighted by Crippen LogP contribution is -2.39. The van der Waals surface area contributed by atoms with Gasteiger partial charge in [-0.1, -0.05) is 23.2 Å². The van der Waals surface area contributed by atoms with Crippen molar-refractivity contribution in [2.75, 3.05) is 26.2 Å². The molecule has 1 unspecified atom stereocenters. The first-order valence-corrected chi connectivity index (χ1v) is 9.07. The van der Waals surface area contributed by atoms with Crippen LogP contribution in [0.1, 0.15) is 42.0 Å². The number of aliphatic hydroxyl groups is 1. The number of oxime groups is 1. The summed E-state index contributed by atoms with van der Waals surface area (Å²) in [5.74, 6) is 0. The summed E-state index contributed by atoms with van der Waals surface area (Å²) in [7, 11) is 0. The molecule has 0 saturated carbocycles. The highest BCUT2D eigenvalue weighted by atomic mass is 35.5. The van der Waals surface area contributed by atoms with Crippen LogP contribution >= 0.6 is 11.6 Å². The summed E-state index contributed by atoms with van der Waals surface area (Å²) < 4.78 is 0.834. The number of nitrogens with zero attached hydrogens (tertiary/aromatic N) is 4. The van der Waals surface area contributed by atoms with Gasteiger partial charge in [0.2, 0.25) is 11.4 Å². The average Bonchev–Trinajstić information content (AvgIpc) is 2.57. The van der Waals surface area contributed by atoms with E-state index in [0.717, 1.165) is 17.8 Å². The molecule has 0 bridgehead atoms. The molecule has 1 N–H and O–H groups in total. The van der Waals surface area contributed by atoms with Gasteiger partial charge in [-0.05, 0) is 39.8 Å². The van der Waals surface area contributed by atoms with E-state index in [2.05, 4.69) is 15.0 Å². The van der Waals surface area contributed by atoms with Crippen molar-refractivity contribution in [3.8, 4) is 0 Å². The number of likely N-dealkylation sites (tertiary alicyclic amines) is 1.